The minimum Gasteiger partial charge on any atom is -0.388 e. The average Bonchev–Trinajstić information content (AvgIpc) is 3.21. The molecule has 2 aliphatic heterocycles. The second-order valence-electron chi connectivity index (χ2n) is 7.58. The van der Waals surface area contributed by atoms with Gasteiger partial charge < -0.3 is 10.0 Å². The summed E-state index contributed by atoms with van der Waals surface area (Å²) in [6.45, 7) is 10.9. The molecule has 24 heavy (non-hydrogen) atoms. The highest BCUT2D eigenvalue weighted by Gasteiger charge is 2.33. The maximum absolute atomic E-state index is 10.4. The molecule has 4 heterocycles. The van der Waals surface area contributed by atoms with E-state index in [2.05, 4.69) is 23.6 Å². The maximum Gasteiger partial charge on any atom is 0.146 e. The summed E-state index contributed by atoms with van der Waals surface area (Å²) in [5.41, 5.74) is 0.662. The van der Waals surface area contributed by atoms with E-state index >= 15 is 0 Å². The quantitative estimate of drug-likeness (QED) is 0.926. The Morgan fingerprint density at radius 1 is 1.17 bits per heavy atom. The van der Waals surface area contributed by atoms with Crippen LogP contribution in [0.15, 0.2) is 0 Å². The molecular formula is C18H26N4OS. The number of β-amino-alcohol motifs (C(OH)–C–C–N with tert-alkyl or cyclic N) is 1. The van der Waals surface area contributed by atoms with Gasteiger partial charge in [-0.1, -0.05) is 0 Å². The van der Waals surface area contributed by atoms with E-state index in [9.17, 15) is 5.11 Å². The predicted octanol–water partition coefficient (Wildman–Crippen LogP) is 2.87. The minimum atomic E-state index is -0.620. The summed E-state index contributed by atoms with van der Waals surface area (Å²) < 4.78 is 0. The summed E-state index contributed by atoms with van der Waals surface area (Å²) in [6, 6.07) is 0. The van der Waals surface area contributed by atoms with Gasteiger partial charge in [-0.2, -0.15) is 0 Å². The van der Waals surface area contributed by atoms with Gasteiger partial charge in [-0.25, -0.2) is 9.97 Å². The number of likely N-dealkylation sites (tertiary alicyclic amines) is 1. The van der Waals surface area contributed by atoms with Crippen LogP contribution in [0.25, 0.3) is 10.2 Å². The number of rotatable bonds is 3. The number of aromatic nitrogens is 2. The minimum absolute atomic E-state index is 0.620. The zero-order valence-electron chi connectivity index (χ0n) is 14.8. The van der Waals surface area contributed by atoms with Crippen LogP contribution in [0.4, 0.5) is 5.82 Å². The van der Waals surface area contributed by atoms with Crippen LogP contribution < -0.4 is 4.90 Å². The summed E-state index contributed by atoms with van der Waals surface area (Å²) in [6.07, 6.45) is 3.35. The van der Waals surface area contributed by atoms with Gasteiger partial charge in [0, 0.05) is 18.0 Å². The van der Waals surface area contributed by atoms with E-state index < -0.39 is 5.60 Å². The average molecular weight is 347 g/mol. The molecule has 0 radical (unpaired) electrons. The lowest BCUT2D eigenvalue weighted by atomic mass is 10.1. The molecule has 2 saturated heterocycles. The number of thiophene rings is 1. The molecule has 130 valence electrons. The number of fused-ring (bicyclic) bond motifs is 1. The van der Waals surface area contributed by atoms with E-state index in [4.69, 9.17) is 9.97 Å². The van der Waals surface area contributed by atoms with E-state index in [-0.39, 0.29) is 0 Å². The van der Waals surface area contributed by atoms with Crippen molar-refractivity contribution in [1.29, 1.82) is 0 Å². The highest BCUT2D eigenvalue weighted by Crippen LogP contribution is 2.37. The second kappa shape index (κ2) is 5.93. The van der Waals surface area contributed by atoms with Gasteiger partial charge in [-0.05, 0) is 58.7 Å². The lowest BCUT2D eigenvalue weighted by molar-refractivity contribution is 0.0839. The van der Waals surface area contributed by atoms with E-state index in [1.807, 2.05) is 6.92 Å². The summed E-state index contributed by atoms with van der Waals surface area (Å²) in [7, 11) is 0. The van der Waals surface area contributed by atoms with Crippen molar-refractivity contribution in [3.05, 3.63) is 16.3 Å². The Kier molecular flexibility index (Phi) is 4.01. The van der Waals surface area contributed by atoms with E-state index in [0.717, 1.165) is 49.1 Å². The van der Waals surface area contributed by atoms with Crippen LogP contribution in [0.2, 0.25) is 0 Å². The Bertz CT molecular complexity index is 764. The Labute approximate surface area is 147 Å². The van der Waals surface area contributed by atoms with Gasteiger partial charge in [0.25, 0.3) is 0 Å². The second-order valence-corrected chi connectivity index (χ2v) is 8.78. The van der Waals surface area contributed by atoms with Crippen LogP contribution in [0.5, 0.6) is 0 Å². The van der Waals surface area contributed by atoms with E-state index in [0.29, 0.717) is 6.54 Å². The Morgan fingerprint density at radius 3 is 2.58 bits per heavy atom. The zero-order valence-corrected chi connectivity index (χ0v) is 15.6. The predicted molar refractivity (Wildman–Crippen MR) is 98.9 cm³/mol. The third-order valence-electron chi connectivity index (χ3n) is 5.37. The molecule has 0 aliphatic carbocycles. The summed E-state index contributed by atoms with van der Waals surface area (Å²) >= 11 is 1.76. The first-order valence-electron chi connectivity index (χ1n) is 8.89. The van der Waals surface area contributed by atoms with E-state index in [1.165, 1.54) is 28.7 Å². The number of aliphatic hydroxyl groups is 1. The van der Waals surface area contributed by atoms with Gasteiger partial charge in [-0.15, -0.1) is 11.3 Å². The third-order valence-corrected chi connectivity index (χ3v) is 6.47. The van der Waals surface area contributed by atoms with Gasteiger partial charge in [0.15, 0.2) is 0 Å². The molecule has 2 aliphatic rings. The highest BCUT2D eigenvalue weighted by atomic mass is 32.1. The monoisotopic (exact) mass is 346 g/mol. The van der Waals surface area contributed by atoms with Crippen LogP contribution in [0.3, 0.4) is 0 Å². The fraction of sp³-hybridized carbons (Fsp3) is 0.667. The number of nitrogens with zero attached hydrogens (tertiary/aromatic N) is 4. The fourth-order valence-electron chi connectivity index (χ4n) is 3.84. The first kappa shape index (κ1) is 16.2. The fourth-order valence-corrected chi connectivity index (χ4v) is 4.88. The summed E-state index contributed by atoms with van der Waals surface area (Å²) in [5, 5.41) is 11.6. The number of aryl methyl sites for hydroxylation is 2. The van der Waals surface area contributed by atoms with Crippen molar-refractivity contribution in [1.82, 2.24) is 14.9 Å². The standard InChI is InChI=1S/C18H26N4OS/c1-12-13(2)24-17-15(12)16(22-9-6-18(3,23)11-22)19-14(20-17)10-21-7-4-5-8-21/h23H,4-11H2,1-3H3. The van der Waals surface area contributed by atoms with Crippen molar-refractivity contribution < 1.29 is 5.11 Å². The lowest BCUT2D eigenvalue weighted by Crippen LogP contribution is -2.30. The molecule has 0 saturated carbocycles. The molecule has 0 amide bonds. The van der Waals surface area contributed by atoms with Gasteiger partial charge in [0.1, 0.15) is 16.5 Å². The molecule has 0 aromatic carbocycles. The third kappa shape index (κ3) is 2.91. The number of hydrogen-bond acceptors (Lipinski definition) is 6. The topological polar surface area (TPSA) is 52.5 Å². The normalized spacial score (nSPS) is 25.2. The molecule has 4 rings (SSSR count). The molecule has 2 aromatic rings. The van der Waals surface area contributed by atoms with Crippen LogP contribution >= 0.6 is 11.3 Å². The van der Waals surface area contributed by atoms with Crippen molar-refractivity contribution in [2.45, 2.75) is 52.2 Å². The Hall–Kier alpha value is -1.24. The SMILES string of the molecule is Cc1sc2nc(CN3CCCC3)nc(N3CCC(C)(O)C3)c2c1C. The van der Waals surface area contributed by atoms with Crippen molar-refractivity contribution in [3.8, 4) is 0 Å². The zero-order chi connectivity index (χ0) is 16.9. The summed E-state index contributed by atoms with van der Waals surface area (Å²) in [5.74, 6) is 1.95. The van der Waals surface area contributed by atoms with Crippen molar-refractivity contribution in [2.75, 3.05) is 31.1 Å². The molecule has 2 aromatic heterocycles. The van der Waals surface area contributed by atoms with E-state index in [1.54, 1.807) is 11.3 Å². The molecule has 6 heteroatoms. The number of anilines is 1. The molecule has 1 unspecified atom stereocenters. The van der Waals surface area contributed by atoms with Gasteiger partial charge in [0.2, 0.25) is 0 Å². The molecule has 2 fully saturated rings. The van der Waals surface area contributed by atoms with Gasteiger partial charge in [-0.3, -0.25) is 4.90 Å². The number of hydrogen-bond donors (Lipinski definition) is 1. The van der Waals surface area contributed by atoms with Crippen LogP contribution in [0.1, 0.15) is 42.5 Å². The van der Waals surface area contributed by atoms with Gasteiger partial charge in [0.05, 0.1) is 17.5 Å². The molecular weight excluding hydrogens is 320 g/mol. The van der Waals surface area contributed by atoms with Crippen molar-refractivity contribution >= 4 is 27.4 Å². The van der Waals surface area contributed by atoms with Gasteiger partial charge >= 0.3 is 0 Å². The molecule has 0 bridgehead atoms. The first-order valence-corrected chi connectivity index (χ1v) is 9.71. The lowest BCUT2D eigenvalue weighted by Gasteiger charge is -2.22. The van der Waals surface area contributed by atoms with Crippen LogP contribution in [-0.4, -0.2) is 51.8 Å². The molecule has 1 N–H and O–H groups in total. The largest absolute Gasteiger partial charge is 0.388 e. The van der Waals surface area contributed by atoms with Crippen molar-refractivity contribution in [2.24, 2.45) is 0 Å². The highest BCUT2D eigenvalue weighted by molar-refractivity contribution is 7.18. The molecule has 0 spiro atoms. The first-order chi connectivity index (χ1) is 11.4. The Balaban J connectivity index is 1.76. The maximum atomic E-state index is 10.4. The Morgan fingerprint density at radius 2 is 1.92 bits per heavy atom. The molecule has 1 atom stereocenters. The van der Waals surface area contributed by atoms with Crippen molar-refractivity contribution in [3.63, 3.8) is 0 Å². The van der Waals surface area contributed by atoms with Crippen LogP contribution in [0, 0.1) is 13.8 Å². The van der Waals surface area contributed by atoms with Crippen LogP contribution in [-0.2, 0) is 6.54 Å². The molecule has 5 nitrogen and oxygen atoms in total. The summed E-state index contributed by atoms with van der Waals surface area (Å²) in [4.78, 5) is 16.9. The smallest absolute Gasteiger partial charge is 0.146 e.